The molecule has 130 valence electrons. The van der Waals surface area contributed by atoms with Crippen molar-refractivity contribution in [3.63, 3.8) is 0 Å². The van der Waals surface area contributed by atoms with Crippen LogP contribution in [0.5, 0.6) is 0 Å². The van der Waals surface area contributed by atoms with E-state index in [0.717, 1.165) is 41.3 Å². The Bertz CT molecular complexity index is 845. The molecule has 0 aliphatic heterocycles. The van der Waals surface area contributed by atoms with Gasteiger partial charge in [0.1, 0.15) is 17.9 Å². The van der Waals surface area contributed by atoms with Gasteiger partial charge in [0.15, 0.2) is 0 Å². The van der Waals surface area contributed by atoms with Gasteiger partial charge >= 0.3 is 0 Å². The van der Waals surface area contributed by atoms with Gasteiger partial charge in [0.2, 0.25) is 5.89 Å². The summed E-state index contributed by atoms with van der Waals surface area (Å²) < 4.78 is 18.5. The van der Waals surface area contributed by atoms with Gasteiger partial charge in [0.25, 0.3) is 0 Å². The molecule has 1 aromatic carbocycles. The van der Waals surface area contributed by atoms with Crippen LogP contribution in [-0.2, 0) is 6.42 Å². The van der Waals surface area contributed by atoms with Crippen molar-refractivity contribution < 1.29 is 8.81 Å². The number of hydrogen-bond donors (Lipinski definition) is 1. The fourth-order valence-electron chi connectivity index (χ4n) is 2.69. The number of benzene rings is 1. The Morgan fingerprint density at radius 3 is 2.64 bits per heavy atom. The number of aryl methyl sites for hydroxylation is 2. The van der Waals surface area contributed by atoms with Gasteiger partial charge in [0.05, 0.1) is 5.69 Å². The second kappa shape index (κ2) is 7.53. The molecule has 0 aliphatic rings. The molecule has 0 amide bonds. The van der Waals surface area contributed by atoms with Crippen molar-refractivity contribution in [3.05, 3.63) is 65.3 Å². The van der Waals surface area contributed by atoms with Crippen molar-refractivity contribution in [3.8, 4) is 11.5 Å². The molecular weight excluding hydrogens is 319 g/mol. The van der Waals surface area contributed by atoms with Crippen LogP contribution in [0.4, 0.5) is 4.39 Å². The van der Waals surface area contributed by atoms with Crippen molar-refractivity contribution in [2.75, 3.05) is 6.54 Å². The number of hydrogen-bond acceptors (Lipinski definition) is 5. The molecule has 25 heavy (non-hydrogen) atoms. The van der Waals surface area contributed by atoms with E-state index in [0.29, 0.717) is 5.89 Å². The lowest BCUT2D eigenvalue weighted by molar-refractivity contribution is 0.558. The molecule has 2 aromatic heterocycles. The topological polar surface area (TPSA) is 63.8 Å². The summed E-state index contributed by atoms with van der Waals surface area (Å²) in [6.45, 7) is 6.73. The zero-order chi connectivity index (χ0) is 17.8. The van der Waals surface area contributed by atoms with Gasteiger partial charge in [-0.1, -0.05) is 0 Å². The molecule has 1 unspecified atom stereocenters. The SMILES string of the molecule is Cc1ncc(C(C)NCCc2coc(-c3ccc(F)cc3)n2)c(C)n1. The number of nitrogens with zero attached hydrogens (tertiary/aromatic N) is 3. The highest BCUT2D eigenvalue weighted by molar-refractivity contribution is 5.52. The molecule has 6 heteroatoms. The largest absolute Gasteiger partial charge is 0.444 e. The van der Waals surface area contributed by atoms with Gasteiger partial charge in [-0.05, 0) is 45.0 Å². The molecule has 0 saturated carbocycles. The summed E-state index contributed by atoms with van der Waals surface area (Å²) in [5.74, 6) is 1.01. The van der Waals surface area contributed by atoms with Crippen LogP contribution >= 0.6 is 0 Å². The summed E-state index contributed by atoms with van der Waals surface area (Å²) in [5, 5.41) is 3.45. The van der Waals surface area contributed by atoms with E-state index in [1.54, 1.807) is 18.4 Å². The maximum Gasteiger partial charge on any atom is 0.226 e. The lowest BCUT2D eigenvalue weighted by Crippen LogP contribution is -2.22. The van der Waals surface area contributed by atoms with E-state index in [-0.39, 0.29) is 11.9 Å². The second-order valence-electron chi connectivity index (χ2n) is 6.03. The first-order valence-corrected chi connectivity index (χ1v) is 8.27. The van der Waals surface area contributed by atoms with Crippen LogP contribution in [0.3, 0.4) is 0 Å². The van der Waals surface area contributed by atoms with Crippen LogP contribution in [0.15, 0.2) is 41.1 Å². The maximum absolute atomic E-state index is 13.0. The number of aromatic nitrogens is 3. The zero-order valence-corrected chi connectivity index (χ0v) is 14.6. The van der Waals surface area contributed by atoms with Gasteiger partial charge in [0, 0.05) is 42.0 Å². The van der Waals surface area contributed by atoms with Crippen LogP contribution in [0, 0.1) is 19.7 Å². The van der Waals surface area contributed by atoms with E-state index < -0.39 is 0 Å². The molecule has 0 aliphatic carbocycles. The highest BCUT2D eigenvalue weighted by atomic mass is 19.1. The normalized spacial score (nSPS) is 12.3. The third kappa shape index (κ3) is 4.28. The molecular formula is C19H21FN4O. The Labute approximate surface area is 146 Å². The fraction of sp³-hybridized carbons (Fsp3) is 0.316. The molecule has 5 nitrogen and oxygen atoms in total. The van der Waals surface area contributed by atoms with Crippen molar-refractivity contribution >= 4 is 0 Å². The first-order valence-electron chi connectivity index (χ1n) is 8.27. The van der Waals surface area contributed by atoms with E-state index in [2.05, 4.69) is 27.2 Å². The van der Waals surface area contributed by atoms with E-state index >= 15 is 0 Å². The van der Waals surface area contributed by atoms with Crippen LogP contribution in [-0.4, -0.2) is 21.5 Å². The van der Waals surface area contributed by atoms with E-state index in [1.807, 2.05) is 20.0 Å². The summed E-state index contributed by atoms with van der Waals surface area (Å²) in [7, 11) is 0. The number of rotatable bonds is 6. The smallest absolute Gasteiger partial charge is 0.226 e. The van der Waals surface area contributed by atoms with Crippen molar-refractivity contribution in [2.24, 2.45) is 0 Å². The van der Waals surface area contributed by atoms with Crippen molar-refractivity contribution in [2.45, 2.75) is 33.2 Å². The van der Waals surface area contributed by atoms with Crippen LogP contribution < -0.4 is 5.32 Å². The minimum atomic E-state index is -0.274. The lowest BCUT2D eigenvalue weighted by atomic mass is 10.1. The fourth-order valence-corrected chi connectivity index (χ4v) is 2.69. The van der Waals surface area contributed by atoms with Gasteiger partial charge in [-0.25, -0.2) is 19.3 Å². The molecule has 3 rings (SSSR count). The summed E-state index contributed by atoms with van der Waals surface area (Å²) in [5.41, 5.74) is 3.71. The summed E-state index contributed by atoms with van der Waals surface area (Å²) in [6.07, 6.45) is 4.25. The lowest BCUT2D eigenvalue weighted by Gasteiger charge is -2.15. The van der Waals surface area contributed by atoms with E-state index in [1.165, 1.54) is 12.1 Å². The molecule has 0 fully saturated rings. The molecule has 1 atom stereocenters. The summed E-state index contributed by atoms with van der Waals surface area (Å²) >= 11 is 0. The molecule has 0 bridgehead atoms. The van der Waals surface area contributed by atoms with Crippen molar-refractivity contribution in [1.29, 1.82) is 0 Å². The summed E-state index contributed by atoms with van der Waals surface area (Å²) in [6, 6.07) is 6.27. The Morgan fingerprint density at radius 1 is 1.16 bits per heavy atom. The Morgan fingerprint density at radius 2 is 1.92 bits per heavy atom. The molecule has 3 aromatic rings. The van der Waals surface area contributed by atoms with E-state index in [9.17, 15) is 4.39 Å². The van der Waals surface area contributed by atoms with Gasteiger partial charge in [-0.3, -0.25) is 0 Å². The van der Waals surface area contributed by atoms with Crippen LogP contribution in [0.25, 0.3) is 11.5 Å². The van der Waals surface area contributed by atoms with Crippen LogP contribution in [0.1, 0.15) is 35.7 Å². The number of oxazole rings is 1. The Kier molecular flexibility index (Phi) is 5.19. The highest BCUT2D eigenvalue weighted by Gasteiger charge is 2.11. The molecule has 2 heterocycles. The summed E-state index contributed by atoms with van der Waals surface area (Å²) in [4.78, 5) is 13.1. The minimum Gasteiger partial charge on any atom is -0.444 e. The monoisotopic (exact) mass is 340 g/mol. The minimum absolute atomic E-state index is 0.157. The van der Waals surface area contributed by atoms with Gasteiger partial charge in [-0.2, -0.15) is 0 Å². The average molecular weight is 340 g/mol. The second-order valence-corrected chi connectivity index (χ2v) is 6.03. The standard InChI is InChI=1S/C19H21FN4O/c1-12(18-10-22-14(3)23-13(18)2)21-9-8-17-11-25-19(24-17)15-4-6-16(20)7-5-15/h4-7,10-12,21H,8-9H2,1-3H3. The Balaban J connectivity index is 1.56. The number of halogens is 1. The molecule has 0 spiro atoms. The molecule has 0 saturated heterocycles. The number of nitrogens with one attached hydrogen (secondary N) is 1. The first-order chi connectivity index (χ1) is 12.0. The molecule has 0 radical (unpaired) electrons. The third-order valence-electron chi connectivity index (χ3n) is 4.08. The maximum atomic E-state index is 13.0. The quantitative estimate of drug-likeness (QED) is 0.740. The van der Waals surface area contributed by atoms with Crippen molar-refractivity contribution in [1.82, 2.24) is 20.3 Å². The van der Waals surface area contributed by atoms with Gasteiger partial charge < -0.3 is 9.73 Å². The Hall–Kier alpha value is -2.60. The van der Waals surface area contributed by atoms with E-state index in [4.69, 9.17) is 4.42 Å². The zero-order valence-electron chi connectivity index (χ0n) is 14.6. The van der Waals surface area contributed by atoms with Crippen LogP contribution in [0.2, 0.25) is 0 Å². The third-order valence-corrected chi connectivity index (χ3v) is 4.08. The highest BCUT2D eigenvalue weighted by Crippen LogP contribution is 2.19. The van der Waals surface area contributed by atoms with Gasteiger partial charge in [-0.15, -0.1) is 0 Å². The predicted octanol–water partition coefficient (Wildman–Crippen LogP) is 3.78. The average Bonchev–Trinajstić information content (AvgIpc) is 3.04. The first kappa shape index (κ1) is 17.2. The predicted molar refractivity (Wildman–Crippen MR) is 93.5 cm³/mol. The molecule has 1 N–H and O–H groups in total.